The Morgan fingerprint density at radius 1 is 1.07 bits per heavy atom. The SMILES string of the molecule is CC(C)(C)c1cc(-c2n[nH]c(=S)s2)cc(C(C)(C)C)c1O.C[N+](C)(C)CC[O-]. The number of benzene rings is 1. The first kappa shape index (κ1) is 24.8. The predicted molar refractivity (Wildman–Crippen MR) is 120 cm³/mol. The van der Waals surface area contributed by atoms with Crippen LogP contribution in [0.5, 0.6) is 5.75 Å². The van der Waals surface area contributed by atoms with Gasteiger partial charge in [0, 0.05) is 16.7 Å². The van der Waals surface area contributed by atoms with Crippen LogP contribution in [0.3, 0.4) is 0 Å². The Morgan fingerprint density at radius 2 is 1.54 bits per heavy atom. The molecule has 0 aliphatic rings. The summed E-state index contributed by atoms with van der Waals surface area (Å²) in [6, 6.07) is 4.04. The monoisotopic (exact) mass is 425 g/mol. The predicted octanol–water partition coefficient (Wildman–Crippen LogP) is 4.22. The van der Waals surface area contributed by atoms with Gasteiger partial charge in [0.15, 0.2) is 3.95 Å². The normalized spacial score (nSPS) is 12.5. The van der Waals surface area contributed by atoms with Gasteiger partial charge in [-0.05, 0) is 35.2 Å². The Morgan fingerprint density at radius 3 is 1.79 bits per heavy atom. The summed E-state index contributed by atoms with van der Waals surface area (Å²) in [4.78, 5) is 0. The molecule has 1 aromatic carbocycles. The summed E-state index contributed by atoms with van der Waals surface area (Å²) < 4.78 is 1.44. The van der Waals surface area contributed by atoms with E-state index in [2.05, 4.69) is 51.7 Å². The number of hydrogen-bond acceptors (Lipinski definition) is 5. The van der Waals surface area contributed by atoms with Crippen LogP contribution in [0.15, 0.2) is 12.1 Å². The van der Waals surface area contributed by atoms with Crippen LogP contribution >= 0.6 is 23.6 Å². The number of H-pyrrole nitrogens is 1. The molecule has 2 aromatic rings. The Labute approximate surface area is 178 Å². The first-order chi connectivity index (χ1) is 12.6. The summed E-state index contributed by atoms with van der Waals surface area (Å²) in [6.45, 7) is 13.4. The molecular formula is C21H35N3O2S2. The van der Waals surface area contributed by atoms with E-state index in [1.54, 1.807) is 0 Å². The molecule has 0 saturated carbocycles. The fourth-order valence-corrected chi connectivity index (χ4v) is 3.40. The number of phenols is 1. The molecule has 7 heteroatoms. The molecular weight excluding hydrogens is 390 g/mol. The van der Waals surface area contributed by atoms with E-state index >= 15 is 0 Å². The molecule has 0 amide bonds. The van der Waals surface area contributed by atoms with Gasteiger partial charge in [-0.3, -0.25) is 5.10 Å². The van der Waals surface area contributed by atoms with Crippen molar-refractivity contribution < 1.29 is 14.7 Å². The second kappa shape index (κ2) is 9.03. The van der Waals surface area contributed by atoms with E-state index in [1.807, 2.05) is 33.3 Å². The van der Waals surface area contributed by atoms with Gasteiger partial charge in [0.1, 0.15) is 10.8 Å². The van der Waals surface area contributed by atoms with Gasteiger partial charge in [-0.2, -0.15) is 5.10 Å². The second-order valence-electron chi connectivity index (χ2n) is 10.1. The van der Waals surface area contributed by atoms with E-state index in [1.165, 1.54) is 11.3 Å². The molecule has 1 heterocycles. The fourth-order valence-electron chi connectivity index (χ4n) is 2.53. The van der Waals surface area contributed by atoms with Gasteiger partial charge >= 0.3 is 0 Å². The quantitative estimate of drug-likeness (QED) is 0.570. The minimum atomic E-state index is -0.141. The van der Waals surface area contributed by atoms with E-state index in [0.29, 0.717) is 9.70 Å². The van der Waals surface area contributed by atoms with Gasteiger partial charge in [0.05, 0.1) is 27.7 Å². The smallest absolute Gasteiger partial charge is 0.176 e. The zero-order chi connectivity index (χ0) is 21.9. The van der Waals surface area contributed by atoms with Crippen molar-refractivity contribution in [3.05, 3.63) is 27.2 Å². The highest BCUT2D eigenvalue weighted by atomic mass is 32.1. The van der Waals surface area contributed by atoms with Crippen molar-refractivity contribution in [2.75, 3.05) is 34.3 Å². The molecule has 0 saturated heterocycles. The molecule has 158 valence electrons. The van der Waals surface area contributed by atoms with Crippen LogP contribution in [0.1, 0.15) is 52.7 Å². The van der Waals surface area contributed by atoms with E-state index < -0.39 is 0 Å². The van der Waals surface area contributed by atoms with E-state index in [4.69, 9.17) is 12.2 Å². The number of aromatic nitrogens is 2. The minimum Gasteiger partial charge on any atom is -0.850 e. The molecule has 0 radical (unpaired) electrons. The minimum absolute atomic E-state index is 0.0312. The molecule has 0 spiro atoms. The fraction of sp³-hybridized carbons (Fsp3) is 0.619. The maximum absolute atomic E-state index is 10.7. The largest absolute Gasteiger partial charge is 0.850 e. The van der Waals surface area contributed by atoms with Gasteiger partial charge < -0.3 is 14.7 Å². The Kier molecular flexibility index (Phi) is 7.98. The number of phenolic OH excluding ortho intramolecular Hbond substituents is 1. The van der Waals surface area contributed by atoms with Crippen molar-refractivity contribution in [2.45, 2.75) is 52.4 Å². The molecule has 0 fully saturated rings. The highest BCUT2D eigenvalue weighted by molar-refractivity contribution is 7.73. The van der Waals surface area contributed by atoms with Gasteiger partial charge in [-0.1, -0.05) is 59.5 Å². The third-order valence-electron chi connectivity index (χ3n) is 4.17. The summed E-state index contributed by atoms with van der Waals surface area (Å²) in [5.41, 5.74) is 2.59. The van der Waals surface area contributed by atoms with Crippen molar-refractivity contribution in [1.82, 2.24) is 10.2 Å². The Hall–Kier alpha value is -1.28. The number of quaternary nitrogens is 1. The summed E-state index contributed by atoms with van der Waals surface area (Å²) in [6.07, 6.45) is 0. The summed E-state index contributed by atoms with van der Waals surface area (Å²) in [7, 11) is 6.04. The molecule has 0 aliphatic heterocycles. The standard InChI is InChI=1S/C16H22N2OS2.C5H13NO/c1-15(2,3)10-7-9(13-17-18-14(20)21-13)8-11(12(10)19)16(4,5)6;1-6(2,3)4-5-7/h7-8,19H,1-6H3,(H,18,20);4-5H2,1-3H3. The number of likely N-dealkylation sites (N-methyl/N-ethyl adjacent to an activating group) is 1. The number of rotatable bonds is 3. The molecule has 0 bridgehead atoms. The third-order valence-corrected chi connectivity index (χ3v) is 5.31. The van der Waals surface area contributed by atoms with Gasteiger partial charge in [0.2, 0.25) is 0 Å². The van der Waals surface area contributed by atoms with Crippen LogP contribution in [-0.4, -0.2) is 54.1 Å². The zero-order valence-corrected chi connectivity index (χ0v) is 20.3. The van der Waals surface area contributed by atoms with Crippen LogP contribution in [0, 0.1) is 3.95 Å². The summed E-state index contributed by atoms with van der Waals surface area (Å²) in [5.74, 6) is 0.387. The lowest BCUT2D eigenvalue weighted by Gasteiger charge is -2.27. The van der Waals surface area contributed by atoms with Crippen molar-refractivity contribution >= 4 is 23.6 Å². The molecule has 0 unspecified atom stereocenters. The topological polar surface area (TPSA) is 72.0 Å². The highest BCUT2D eigenvalue weighted by Gasteiger charge is 2.27. The third kappa shape index (κ3) is 7.28. The molecule has 5 nitrogen and oxygen atoms in total. The second-order valence-corrected chi connectivity index (χ2v) is 11.7. The zero-order valence-electron chi connectivity index (χ0n) is 18.6. The Bertz CT molecular complexity index is 800. The lowest BCUT2D eigenvalue weighted by atomic mass is 9.78. The summed E-state index contributed by atoms with van der Waals surface area (Å²) in [5, 5.41) is 28.6. The molecule has 2 N–H and O–H groups in total. The first-order valence-electron chi connectivity index (χ1n) is 9.38. The highest BCUT2D eigenvalue weighted by Crippen LogP contribution is 2.42. The number of aromatic amines is 1. The average molecular weight is 426 g/mol. The maximum atomic E-state index is 10.7. The van der Waals surface area contributed by atoms with Gasteiger partial charge in [-0.25, -0.2) is 0 Å². The van der Waals surface area contributed by atoms with Crippen LogP contribution < -0.4 is 5.11 Å². The lowest BCUT2D eigenvalue weighted by molar-refractivity contribution is -0.875. The van der Waals surface area contributed by atoms with Crippen molar-refractivity contribution in [1.29, 1.82) is 0 Å². The Balaban J connectivity index is 0.000000480. The van der Waals surface area contributed by atoms with Crippen LogP contribution in [-0.2, 0) is 10.8 Å². The molecule has 28 heavy (non-hydrogen) atoms. The summed E-state index contributed by atoms with van der Waals surface area (Å²) >= 11 is 6.57. The lowest BCUT2D eigenvalue weighted by Crippen LogP contribution is -2.39. The molecule has 1 aromatic heterocycles. The van der Waals surface area contributed by atoms with Crippen LogP contribution in [0.2, 0.25) is 0 Å². The maximum Gasteiger partial charge on any atom is 0.176 e. The van der Waals surface area contributed by atoms with E-state index in [-0.39, 0.29) is 17.4 Å². The molecule has 0 atom stereocenters. The van der Waals surface area contributed by atoms with Crippen molar-refractivity contribution in [3.63, 3.8) is 0 Å². The van der Waals surface area contributed by atoms with Crippen LogP contribution in [0.25, 0.3) is 10.6 Å². The molecule has 0 aliphatic carbocycles. The van der Waals surface area contributed by atoms with Gasteiger partial charge in [0.25, 0.3) is 0 Å². The first-order valence-corrected chi connectivity index (χ1v) is 10.6. The molecule has 2 rings (SSSR count). The van der Waals surface area contributed by atoms with Crippen molar-refractivity contribution in [2.24, 2.45) is 0 Å². The van der Waals surface area contributed by atoms with E-state index in [9.17, 15) is 10.2 Å². The van der Waals surface area contributed by atoms with Crippen LogP contribution in [0.4, 0.5) is 0 Å². The number of hydrogen-bond donors (Lipinski definition) is 2. The average Bonchev–Trinajstić information content (AvgIpc) is 2.91. The number of aromatic hydroxyl groups is 1. The number of nitrogens with zero attached hydrogens (tertiary/aromatic N) is 2. The number of nitrogens with one attached hydrogen (secondary N) is 1. The van der Waals surface area contributed by atoms with Crippen molar-refractivity contribution in [3.8, 4) is 16.3 Å². The van der Waals surface area contributed by atoms with Gasteiger partial charge in [-0.15, -0.1) is 0 Å². The van der Waals surface area contributed by atoms with E-state index in [0.717, 1.165) is 32.7 Å².